The van der Waals surface area contributed by atoms with E-state index in [1.54, 1.807) is 0 Å². The number of aromatic hydroxyl groups is 5. The summed E-state index contributed by atoms with van der Waals surface area (Å²) in [4.78, 5) is 12.1. The predicted octanol–water partition coefficient (Wildman–Crippen LogP) is -0.896. The van der Waals surface area contributed by atoms with Gasteiger partial charge in [0.05, 0.1) is 0 Å². The number of fused-ring (bicyclic) bond motifs is 1. The van der Waals surface area contributed by atoms with Gasteiger partial charge < -0.3 is 31.4 Å². The van der Waals surface area contributed by atoms with Gasteiger partial charge in [0, 0.05) is 17.7 Å². The van der Waals surface area contributed by atoms with E-state index in [4.69, 9.17) is 4.42 Å². The van der Waals surface area contributed by atoms with Crippen LogP contribution in [0.2, 0.25) is 0 Å². The molecule has 0 unspecified atom stereocenters. The summed E-state index contributed by atoms with van der Waals surface area (Å²) in [6.07, 6.45) is 0. The average molecular weight is 389 g/mol. The maximum atomic E-state index is 12.1. The van der Waals surface area contributed by atoms with Crippen LogP contribution in [0.3, 0.4) is 0 Å². The zero-order valence-corrected chi connectivity index (χ0v) is 16.9. The van der Waals surface area contributed by atoms with Crippen molar-refractivity contribution in [2.45, 2.75) is 0 Å². The first-order valence-electron chi connectivity index (χ1n) is 6.12. The summed E-state index contributed by atoms with van der Waals surface area (Å²) >= 11 is 0. The normalized spacial score (nSPS) is 10.4. The summed E-state index contributed by atoms with van der Waals surface area (Å²) in [5.74, 6) is -2.71. The zero-order chi connectivity index (χ0) is 16.0. The molecule has 1 aromatic heterocycles. The maximum Gasteiger partial charge on any atom is 1.00 e. The first-order chi connectivity index (χ1) is 10.4. The molecule has 114 valence electrons. The molecule has 5 N–H and O–H groups in total. The van der Waals surface area contributed by atoms with Gasteiger partial charge in [-0.3, -0.25) is 4.79 Å². The number of phenols is 4. The van der Waals surface area contributed by atoms with E-state index in [-0.39, 0.29) is 93.4 Å². The summed E-state index contributed by atoms with van der Waals surface area (Å²) in [5.41, 5.74) is -0.890. The van der Waals surface area contributed by atoms with Crippen molar-refractivity contribution in [1.29, 1.82) is 0 Å². The first-order valence-corrected chi connectivity index (χ1v) is 6.12. The van der Waals surface area contributed by atoms with Crippen molar-refractivity contribution in [3.63, 3.8) is 0 Å². The molecule has 2 aromatic carbocycles. The summed E-state index contributed by atoms with van der Waals surface area (Å²) in [6, 6.07) is 5.64. The molecule has 0 fully saturated rings. The average Bonchev–Trinajstić information content (AvgIpc) is 2.45. The molecule has 1 heterocycles. The Kier molecular flexibility index (Phi) is 5.05. The molecule has 0 saturated heterocycles. The van der Waals surface area contributed by atoms with Gasteiger partial charge in [0.1, 0.15) is 22.5 Å². The Hall–Kier alpha value is -1.54. The van der Waals surface area contributed by atoms with E-state index in [0.29, 0.717) is 0 Å². The van der Waals surface area contributed by atoms with E-state index in [1.807, 2.05) is 0 Å². The standard InChI is InChI=1S/C15H10O7.Rb.H/c16-7-4-10(19)12-11(5-7)22-15(14(21)13(12)20)6-1-2-8(17)9(18)3-6;;/h1-5,16-19,21H;;/q;+1;-1. The minimum absolute atomic E-state index is 0. The summed E-state index contributed by atoms with van der Waals surface area (Å²) in [6.45, 7) is 0. The van der Waals surface area contributed by atoms with Crippen LogP contribution >= 0.6 is 0 Å². The predicted molar refractivity (Wildman–Crippen MR) is 77.4 cm³/mol. The smallest absolute Gasteiger partial charge is 1.00 e. The summed E-state index contributed by atoms with van der Waals surface area (Å²) in [7, 11) is 0. The van der Waals surface area contributed by atoms with Crippen molar-refractivity contribution in [3.05, 3.63) is 40.6 Å². The quantitative estimate of drug-likeness (QED) is 0.341. The molecule has 0 spiro atoms. The van der Waals surface area contributed by atoms with Gasteiger partial charge in [-0.1, -0.05) is 0 Å². The van der Waals surface area contributed by atoms with E-state index in [2.05, 4.69) is 0 Å². The third-order valence-corrected chi connectivity index (χ3v) is 3.17. The third-order valence-electron chi connectivity index (χ3n) is 3.17. The molecule has 0 aliphatic heterocycles. The molecule has 7 nitrogen and oxygen atoms in total. The number of benzene rings is 2. The molecule has 0 saturated carbocycles. The number of hydrogen-bond acceptors (Lipinski definition) is 7. The van der Waals surface area contributed by atoms with Crippen molar-refractivity contribution in [3.8, 4) is 40.1 Å². The van der Waals surface area contributed by atoms with Crippen molar-refractivity contribution < 1.29 is 89.6 Å². The second kappa shape index (κ2) is 6.52. The Balaban J connectivity index is 0.00000144. The van der Waals surface area contributed by atoms with Crippen molar-refractivity contribution in [2.75, 3.05) is 0 Å². The number of hydrogen-bond donors (Lipinski definition) is 5. The molecule has 3 rings (SSSR count). The van der Waals surface area contributed by atoms with Crippen LogP contribution < -0.4 is 63.6 Å². The van der Waals surface area contributed by atoms with Crippen LogP contribution in [-0.2, 0) is 0 Å². The fourth-order valence-electron chi connectivity index (χ4n) is 2.14. The van der Waals surface area contributed by atoms with Crippen molar-refractivity contribution in [2.24, 2.45) is 0 Å². The van der Waals surface area contributed by atoms with Crippen LogP contribution in [0.15, 0.2) is 39.5 Å². The number of phenolic OH excluding ortho intramolecular Hbond substituents is 4. The van der Waals surface area contributed by atoms with Gasteiger partial charge in [0.25, 0.3) is 0 Å². The second-order valence-corrected chi connectivity index (χ2v) is 4.65. The van der Waals surface area contributed by atoms with Gasteiger partial charge in [0.2, 0.25) is 11.2 Å². The minimum atomic E-state index is -0.888. The van der Waals surface area contributed by atoms with Gasteiger partial charge >= 0.3 is 58.2 Å². The topological polar surface area (TPSA) is 131 Å². The van der Waals surface area contributed by atoms with E-state index >= 15 is 0 Å². The number of rotatable bonds is 1. The fraction of sp³-hybridized carbons (Fsp3) is 0. The summed E-state index contributed by atoms with van der Waals surface area (Å²) < 4.78 is 5.35. The molecule has 0 radical (unpaired) electrons. The van der Waals surface area contributed by atoms with Gasteiger partial charge in [-0.15, -0.1) is 0 Å². The van der Waals surface area contributed by atoms with Crippen LogP contribution in [0, 0.1) is 0 Å². The second-order valence-electron chi connectivity index (χ2n) is 4.65. The van der Waals surface area contributed by atoms with Crippen LogP contribution in [0.1, 0.15) is 1.43 Å². The molecular formula is C15H11O7Rb. The maximum absolute atomic E-state index is 12.1. The van der Waals surface area contributed by atoms with Gasteiger partial charge in [-0.25, -0.2) is 0 Å². The van der Waals surface area contributed by atoms with E-state index in [9.17, 15) is 30.3 Å². The molecule has 0 bridgehead atoms. The van der Waals surface area contributed by atoms with Gasteiger partial charge in [-0.05, 0) is 18.2 Å². The fourth-order valence-corrected chi connectivity index (χ4v) is 2.14. The van der Waals surface area contributed by atoms with Crippen LogP contribution in [0.25, 0.3) is 22.3 Å². The van der Waals surface area contributed by atoms with E-state index in [1.165, 1.54) is 6.07 Å². The zero-order valence-electron chi connectivity index (χ0n) is 12.9. The Labute approximate surface area is 179 Å². The van der Waals surface area contributed by atoms with Crippen molar-refractivity contribution in [1.82, 2.24) is 0 Å². The largest absolute Gasteiger partial charge is 1.00 e. The van der Waals surface area contributed by atoms with Crippen LogP contribution in [-0.4, -0.2) is 25.5 Å². The Morgan fingerprint density at radius 2 is 1.57 bits per heavy atom. The molecular weight excluding hydrogens is 378 g/mol. The first kappa shape index (κ1) is 17.8. The van der Waals surface area contributed by atoms with Gasteiger partial charge in [0.15, 0.2) is 17.3 Å². The minimum Gasteiger partial charge on any atom is -1.00 e. The molecule has 23 heavy (non-hydrogen) atoms. The molecule has 3 aromatic rings. The van der Waals surface area contributed by atoms with E-state index in [0.717, 1.165) is 24.3 Å². The van der Waals surface area contributed by atoms with Crippen molar-refractivity contribution >= 4 is 11.0 Å². The molecule has 0 aliphatic rings. The monoisotopic (exact) mass is 388 g/mol. The Morgan fingerprint density at radius 1 is 0.870 bits per heavy atom. The summed E-state index contributed by atoms with van der Waals surface area (Å²) in [5, 5.41) is 47.6. The third kappa shape index (κ3) is 3.09. The Morgan fingerprint density at radius 3 is 2.22 bits per heavy atom. The molecule has 8 heteroatoms. The molecule has 0 aliphatic carbocycles. The van der Waals surface area contributed by atoms with Crippen LogP contribution in [0.4, 0.5) is 0 Å². The van der Waals surface area contributed by atoms with E-state index < -0.39 is 22.7 Å². The SMILES string of the molecule is O=c1c(O)c(-c2ccc(O)c(O)c2)oc2cc(O)cc(O)c12.[H-].[Rb+]. The molecule has 0 atom stereocenters. The van der Waals surface area contributed by atoms with Gasteiger partial charge in [-0.2, -0.15) is 0 Å². The van der Waals surface area contributed by atoms with Crippen LogP contribution in [0.5, 0.6) is 28.7 Å². The Bertz CT molecular complexity index is 968. The molecule has 0 amide bonds.